The number of methoxy groups -OCH3 is 1. The first-order valence-corrected chi connectivity index (χ1v) is 7.09. The molecule has 0 amide bonds. The molecule has 4 nitrogen and oxygen atoms in total. The van der Waals surface area contributed by atoms with Crippen LogP contribution in [0.1, 0.15) is 12.0 Å². The molecule has 0 aromatic heterocycles. The summed E-state index contributed by atoms with van der Waals surface area (Å²) in [5.74, 6) is 0.944. The van der Waals surface area contributed by atoms with Crippen LogP contribution in [0.2, 0.25) is 0 Å². The van der Waals surface area contributed by atoms with Crippen LogP contribution in [0.25, 0.3) is 0 Å². The molecule has 0 radical (unpaired) electrons. The van der Waals surface area contributed by atoms with E-state index in [1.807, 2.05) is 6.07 Å². The molecule has 0 bridgehead atoms. The third-order valence-electron chi connectivity index (χ3n) is 3.68. The highest BCUT2D eigenvalue weighted by atomic mass is 16.5. The molecule has 1 heterocycles. The summed E-state index contributed by atoms with van der Waals surface area (Å²) >= 11 is 0. The van der Waals surface area contributed by atoms with E-state index in [0.29, 0.717) is 0 Å². The van der Waals surface area contributed by atoms with Crippen LogP contribution in [-0.2, 0) is 6.54 Å². The van der Waals surface area contributed by atoms with Crippen LogP contribution in [0.15, 0.2) is 24.3 Å². The lowest BCUT2D eigenvalue weighted by atomic mass is 10.2. The summed E-state index contributed by atoms with van der Waals surface area (Å²) < 4.78 is 5.27. The first kappa shape index (κ1) is 14.3. The number of nitrogens with two attached hydrogens (primary N) is 1. The van der Waals surface area contributed by atoms with Gasteiger partial charge in [-0.15, -0.1) is 0 Å². The molecule has 19 heavy (non-hydrogen) atoms. The van der Waals surface area contributed by atoms with Gasteiger partial charge in [-0.1, -0.05) is 12.1 Å². The van der Waals surface area contributed by atoms with Crippen molar-refractivity contribution in [3.05, 3.63) is 29.8 Å². The highest BCUT2D eigenvalue weighted by Gasteiger charge is 2.16. The van der Waals surface area contributed by atoms with Crippen molar-refractivity contribution in [1.29, 1.82) is 0 Å². The Morgan fingerprint density at radius 1 is 1.16 bits per heavy atom. The number of rotatable bonds is 6. The van der Waals surface area contributed by atoms with Gasteiger partial charge < -0.3 is 15.4 Å². The van der Waals surface area contributed by atoms with Gasteiger partial charge in [-0.25, -0.2) is 0 Å². The Morgan fingerprint density at radius 2 is 1.89 bits per heavy atom. The van der Waals surface area contributed by atoms with Gasteiger partial charge in [-0.05, 0) is 37.2 Å². The van der Waals surface area contributed by atoms with Crippen LogP contribution in [0.4, 0.5) is 0 Å². The molecule has 0 atom stereocenters. The number of benzene rings is 1. The van der Waals surface area contributed by atoms with Crippen molar-refractivity contribution in [1.82, 2.24) is 9.80 Å². The highest BCUT2D eigenvalue weighted by molar-refractivity contribution is 5.28. The third kappa shape index (κ3) is 4.49. The average Bonchev–Trinajstić information content (AvgIpc) is 2.47. The summed E-state index contributed by atoms with van der Waals surface area (Å²) in [6.45, 7) is 7.55. The van der Waals surface area contributed by atoms with Crippen molar-refractivity contribution in [2.24, 2.45) is 5.73 Å². The molecule has 0 unspecified atom stereocenters. The van der Waals surface area contributed by atoms with Gasteiger partial charge in [0, 0.05) is 32.7 Å². The molecular weight excluding hydrogens is 238 g/mol. The van der Waals surface area contributed by atoms with Gasteiger partial charge in [0.2, 0.25) is 0 Å². The van der Waals surface area contributed by atoms with Gasteiger partial charge in [-0.2, -0.15) is 0 Å². The van der Waals surface area contributed by atoms with Gasteiger partial charge in [0.05, 0.1) is 7.11 Å². The van der Waals surface area contributed by atoms with Crippen LogP contribution >= 0.6 is 0 Å². The Kier molecular flexibility index (Phi) is 5.63. The number of piperazine rings is 1. The first-order valence-electron chi connectivity index (χ1n) is 7.09. The second-order valence-electron chi connectivity index (χ2n) is 5.11. The number of hydrogen-bond acceptors (Lipinski definition) is 4. The minimum Gasteiger partial charge on any atom is -0.497 e. The van der Waals surface area contributed by atoms with Crippen LogP contribution in [0, 0.1) is 0 Å². The molecule has 1 saturated heterocycles. The lowest BCUT2D eigenvalue weighted by molar-refractivity contribution is 0.126. The van der Waals surface area contributed by atoms with Gasteiger partial charge in [0.15, 0.2) is 0 Å². The van der Waals surface area contributed by atoms with E-state index in [2.05, 4.69) is 28.0 Å². The van der Waals surface area contributed by atoms with Crippen LogP contribution in [-0.4, -0.2) is 56.2 Å². The summed E-state index contributed by atoms with van der Waals surface area (Å²) in [7, 11) is 1.72. The summed E-state index contributed by atoms with van der Waals surface area (Å²) in [5, 5.41) is 0. The Bertz CT molecular complexity index is 375. The van der Waals surface area contributed by atoms with Gasteiger partial charge >= 0.3 is 0 Å². The molecule has 2 N–H and O–H groups in total. The largest absolute Gasteiger partial charge is 0.497 e. The molecule has 1 fully saturated rings. The smallest absolute Gasteiger partial charge is 0.119 e. The van der Waals surface area contributed by atoms with E-state index in [0.717, 1.165) is 58.0 Å². The zero-order chi connectivity index (χ0) is 13.5. The van der Waals surface area contributed by atoms with E-state index in [4.69, 9.17) is 10.5 Å². The van der Waals surface area contributed by atoms with Crippen LogP contribution in [0.3, 0.4) is 0 Å². The highest BCUT2D eigenvalue weighted by Crippen LogP contribution is 2.15. The first-order chi connectivity index (χ1) is 9.31. The van der Waals surface area contributed by atoms with E-state index in [9.17, 15) is 0 Å². The predicted octanol–water partition coefficient (Wildman–Crippen LogP) is 1.16. The van der Waals surface area contributed by atoms with Crippen molar-refractivity contribution in [2.45, 2.75) is 13.0 Å². The SMILES string of the molecule is COc1cccc(CN2CCN(CCCN)CC2)c1. The van der Waals surface area contributed by atoms with Crippen LogP contribution in [0.5, 0.6) is 5.75 Å². The standard InChI is InChI=1S/C15H25N3O/c1-19-15-5-2-4-14(12-15)13-18-10-8-17(9-11-18)7-3-6-16/h2,4-5,12H,3,6-11,13,16H2,1H3. The number of hydrogen-bond donors (Lipinski definition) is 1. The Labute approximate surface area is 116 Å². The molecule has 0 aliphatic carbocycles. The van der Waals surface area contributed by atoms with Crippen molar-refractivity contribution >= 4 is 0 Å². The maximum Gasteiger partial charge on any atom is 0.119 e. The second-order valence-corrected chi connectivity index (χ2v) is 5.11. The molecule has 0 spiro atoms. The second kappa shape index (κ2) is 7.48. The average molecular weight is 263 g/mol. The molecular formula is C15H25N3O. The molecule has 2 rings (SSSR count). The quantitative estimate of drug-likeness (QED) is 0.836. The molecule has 106 valence electrons. The number of nitrogens with zero attached hydrogens (tertiary/aromatic N) is 2. The summed E-state index contributed by atoms with van der Waals surface area (Å²) in [6.07, 6.45) is 1.11. The summed E-state index contributed by atoms with van der Waals surface area (Å²) in [6, 6.07) is 8.35. The molecule has 1 aliphatic rings. The lowest BCUT2D eigenvalue weighted by Gasteiger charge is -2.34. The van der Waals surface area contributed by atoms with Crippen molar-refractivity contribution in [3.8, 4) is 5.75 Å². The van der Waals surface area contributed by atoms with Crippen LogP contribution < -0.4 is 10.5 Å². The Balaban J connectivity index is 1.78. The summed E-state index contributed by atoms with van der Waals surface area (Å²) in [5.41, 5.74) is 6.88. The van der Waals surface area contributed by atoms with E-state index < -0.39 is 0 Å². The van der Waals surface area contributed by atoms with Crippen molar-refractivity contribution < 1.29 is 4.74 Å². The van der Waals surface area contributed by atoms with Crippen molar-refractivity contribution in [2.75, 3.05) is 46.4 Å². The normalized spacial score (nSPS) is 17.6. The summed E-state index contributed by atoms with van der Waals surface area (Å²) in [4.78, 5) is 5.02. The molecule has 1 aromatic rings. The van der Waals surface area contributed by atoms with E-state index >= 15 is 0 Å². The van der Waals surface area contributed by atoms with Gasteiger partial charge in [0.25, 0.3) is 0 Å². The fraction of sp³-hybridized carbons (Fsp3) is 0.600. The zero-order valence-electron chi connectivity index (χ0n) is 11.8. The Morgan fingerprint density at radius 3 is 2.58 bits per heavy atom. The lowest BCUT2D eigenvalue weighted by Crippen LogP contribution is -2.46. The molecule has 1 aromatic carbocycles. The zero-order valence-corrected chi connectivity index (χ0v) is 11.8. The van der Waals surface area contributed by atoms with E-state index in [-0.39, 0.29) is 0 Å². The molecule has 0 saturated carbocycles. The van der Waals surface area contributed by atoms with E-state index in [1.165, 1.54) is 5.56 Å². The fourth-order valence-electron chi connectivity index (χ4n) is 2.51. The molecule has 4 heteroatoms. The third-order valence-corrected chi connectivity index (χ3v) is 3.68. The maximum absolute atomic E-state index is 5.55. The predicted molar refractivity (Wildman–Crippen MR) is 78.4 cm³/mol. The minimum absolute atomic E-state index is 0.796. The molecule has 1 aliphatic heterocycles. The maximum atomic E-state index is 5.55. The van der Waals surface area contributed by atoms with Gasteiger partial charge in [-0.3, -0.25) is 4.90 Å². The Hall–Kier alpha value is -1.10. The fourth-order valence-corrected chi connectivity index (χ4v) is 2.51. The van der Waals surface area contributed by atoms with Crippen molar-refractivity contribution in [3.63, 3.8) is 0 Å². The monoisotopic (exact) mass is 263 g/mol. The minimum atomic E-state index is 0.796. The number of ether oxygens (including phenoxy) is 1. The topological polar surface area (TPSA) is 41.7 Å². The van der Waals surface area contributed by atoms with E-state index in [1.54, 1.807) is 7.11 Å². The van der Waals surface area contributed by atoms with Gasteiger partial charge in [0.1, 0.15) is 5.75 Å².